The minimum atomic E-state index is -2.95. The molecule has 2 N–H and O–H groups in total. The molecule has 0 aliphatic carbocycles. The standard InChI is InChI=1S/C5H11NO3S/c6-2-1-5-9-3-4-10(5,7)8/h5H,1-4,6H2. The van der Waals surface area contributed by atoms with E-state index in [1.807, 2.05) is 0 Å². The largest absolute Gasteiger partial charge is 0.361 e. The molecular weight excluding hydrogens is 154 g/mol. The van der Waals surface area contributed by atoms with E-state index in [1.54, 1.807) is 0 Å². The van der Waals surface area contributed by atoms with Gasteiger partial charge in [-0.1, -0.05) is 0 Å². The number of hydrogen-bond donors (Lipinski definition) is 1. The van der Waals surface area contributed by atoms with Crippen LogP contribution in [0.4, 0.5) is 0 Å². The average molecular weight is 165 g/mol. The first kappa shape index (κ1) is 7.97. The summed E-state index contributed by atoms with van der Waals surface area (Å²) in [6.07, 6.45) is 0.419. The Morgan fingerprint density at radius 1 is 1.60 bits per heavy atom. The van der Waals surface area contributed by atoms with Gasteiger partial charge < -0.3 is 10.5 Å². The zero-order valence-corrected chi connectivity index (χ0v) is 6.43. The highest BCUT2D eigenvalue weighted by atomic mass is 32.2. The van der Waals surface area contributed by atoms with Gasteiger partial charge in [-0.25, -0.2) is 8.42 Å². The number of sulfone groups is 1. The second-order valence-electron chi connectivity index (χ2n) is 2.24. The summed E-state index contributed by atoms with van der Waals surface area (Å²) in [7, 11) is -2.95. The third kappa shape index (κ3) is 1.47. The fraction of sp³-hybridized carbons (Fsp3) is 1.00. The topological polar surface area (TPSA) is 69.4 Å². The first-order chi connectivity index (χ1) is 4.67. The first-order valence-corrected chi connectivity index (χ1v) is 4.91. The van der Waals surface area contributed by atoms with Crippen LogP contribution in [0, 0.1) is 0 Å². The lowest BCUT2D eigenvalue weighted by Gasteiger charge is -2.05. The fourth-order valence-electron chi connectivity index (χ4n) is 0.930. The summed E-state index contributed by atoms with van der Waals surface area (Å²) < 4.78 is 26.9. The molecular formula is C5H11NO3S. The zero-order valence-electron chi connectivity index (χ0n) is 5.62. The van der Waals surface area contributed by atoms with Gasteiger partial charge in [-0.15, -0.1) is 0 Å². The van der Waals surface area contributed by atoms with Crippen LogP contribution in [0.15, 0.2) is 0 Å². The maximum atomic E-state index is 11.0. The molecule has 1 saturated heterocycles. The van der Waals surface area contributed by atoms with Gasteiger partial charge in [-0.3, -0.25) is 0 Å². The van der Waals surface area contributed by atoms with E-state index in [9.17, 15) is 8.42 Å². The normalized spacial score (nSPS) is 30.7. The van der Waals surface area contributed by atoms with E-state index in [2.05, 4.69) is 0 Å². The maximum absolute atomic E-state index is 11.0. The van der Waals surface area contributed by atoms with Crippen molar-refractivity contribution >= 4 is 9.84 Å². The SMILES string of the molecule is NCCC1OCCS1(=O)=O. The molecule has 1 heterocycles. The number of rotatable bonds is 2. The monoisotopic (exact) mass is 165 g/mol. The van der Waals surface area contributed by atoms with Crippen LogP contribution < -0.4 is 5.73 Å². The van der Waals surface area contributed by atoms with Crippen molar-refractivity contribution < 1.29 is 13.2 Å². The second kappa shape index (κ2) is 2.86. The van der Waals surface area contributed by atoms with Crippen molar-refractivity contribution in [2.45, 2.75) is 11.9 Å². The molecule has 1 rings (SSSR count). The van der Waals surface area contributed by atoms with E-state index in [0.29, 0.717) is 19.6 Å². The molecule has 10 heavy (non-hydrogen) atoms. The van der Waals surface area contributed by atoms with Gasteiger partial charge in [0.25, 0.3) is 0 Å². The van der Waals surface area contributed by atoms with Crippen LogP contribution in [0.25, 0.3) is 0 Å². The van der Waals surface area contributed by atoms with Crippen molar-refractivity contribution in [2.75, 3.05) is 18.9 Å². The molecule has 4 nitrogen and oxygen atoms in total. The lowest BCUT2D eigenvalue weighted by Crippen LogP contribution is -2.20. The summed E-state index contributed by atoms with van der Waals surface area (Å²) in [6.45, 7) is 0.691. The van der Waals surface area contributed by atoms with Crippen molar-refractivity contribution in [3.63, 3.8) is 0 Å². The van der Waals surface area contributed by atoms with Gasteiger partial charge in [-0.05, 0) is 6.54 Å². The van der Waals surface area contributed by atoms with Crippen molar-refractivity contribution in [3.05, 3.63) is 0 Å². The lowest BCUT2D eigenvalue weighted by molar-refractivity contribution is 0.135. The predicted octanol–water partition coefficient (Wildman–Crippen LogP) is -0.894. The Morgan fingerprint density at radius 3 is 2.70 bits per heavy atom. The summed E-state index contributed by atoms with van der Waals surface area (Å²) in [5.41, 5.74) is 4.56. The van der Waals surface area contributed by atoms with E-state index in [1.165, 1.54) is 0 Å². The Balaban J connectivity index is 2.60. The molecule has 1 aliphatic rings. The molecule has 0 aromatic rings. The van der Waals surface area contributed by atoms with Crippen molar-refractivity contribution in [2.24, 2.45) is 5.73 Å². The summed E-state index contributed by atoms with van der Waals surface area (Å²) in [4.78, 5) is 0. The van der Waals surface area contributed by atoms with Gasteiger partial charge >= 0.3 is 0 Å². The van der Waals surface area contributed by atoms with Crippen LogP contribution in [0.5, 0.6) is 0 Å². The van der Waals surface area contributed by atoms with E-state index in [-0.39, 0.29) is 5.75 Å². The number of hydrogen-bond acceptors (Lipinski definition) is 4. The Morgan fingerprint density at radius 2 is 2.30 bits per heavy atom. The van der Waals surface area contributed by atoms with Crippen LogP contribution in [-0.4, -0.2) is 32.8 Å². The van der Waals surface area contributed by atoms with Crippen LogP contribution in [0.3, 0.4) is 0 Å². The molecule has 0 amide bonds. The predicted molar refractivity (Wildman–Crippen MR) is 37.2 cm³/mol. The van der Waals surface area contributed by atoms with Crippen LogP contribution in [0.2, 0.25) is 0 Å². The van der Waals surface area contributed by atoms with E-state index >= 15 is 0 Å². The Hall–Kier alpha value is -0.130. The number of nitrogens with two attached hydrogens (primary N) is 1. The van der Waals surface area contributed by atoms with Gasteiger partial charge in [0, 0.05) is 6.42 Å². The van der Waals surface area contributed by atoms with Crippen LogP contribution in [0.1, 0.15) is 6.42 Å². The quantitative estimate of drug-likeness (QED) is 0.576. The van der Waals surface area contributed by atoms with Crippen molar-refractivity contribution in [1.29, 1.82) is 0 Å². The average Bonchev–Trinajstić information content (AvgIpc) is 2.13. The highest BCUT2D eigenvalue weighted by molar-refractivity contribution is 7.92. The summed E-state index contributed by atoms with van der Waals surface area (Å²) in [5, 5.41) is 0. The van der Waals surface area contributed by atoms with Crippen LogP contribution >= 0.6 is 0 Å². The minimum Gasteiger partial charge on any atom is -0.361 e. The van der Waals surface area contributed by atoms with E-state index in [0.717, 1.165) is 0 Å². The third-order valence-electron chi connectivity index (χ3n) is 1.47. The first-order valence-electron chi connectivity index (χ1n) is 3.20. The third-order valence-corrected chi connectivity index (χ3v) is 3.38. The fourth-order valence-corrected chi connectivity index (χ4v) is 2.32. The molecule has 1 unspecified atom stereocenters. The lowest BCUT2D eigenvalue weighted by atomic mass is 10.5. The smallest absolute Gasteiger partial charge is 0.179 e. The van der Waals surface area contributed by atoms with Crippen LogP contribution in [-0.2, 0) is 14.6 Å². The molecule has 0 bridgehead atoms. The molecule has 60 valence electrons. The van der Waals surface area contributed by atoms with Gasteiger partial charge in [0.1, 0.15) is 0 Å². The molecule has 0 spiro atoms. The van der Waals surface area contributed by atoms with Gasteiger partial charge in [0.05, 0.1) is 12.4 Å². The Kier molecular flexibility index (Phi) is 2.28. The molecule has 0 saturated carbocycles. The molecule has 1 atom stereocenters. The maximum Gasteiger partial charge on any atom is 0.179 e. The Labute approximate surface area is 60.3 Å². The molecule has 0 aromatic heterocycles. The number of ether oxygens (including phenoxy) is 1. The molecule has 0 radical (unpaired) electrons. The van der Waals surface area contributed by atoms with Gasteiger partial charge in [0.15, 0.2) is 15.3 Å². The van der Waals surface area contributed by atoms with Gasteiger partial charge in [0.2, 0.25) is 0 Å². The van der Waals surface area contributed by atoms with Gasteiger partial charge in [-0.2, -0.15) is 0 Å². The highest BCUT2D eigenvalue weighted by Crippen LogP contribution is 2.14. The van der Waals surface area contributed by atoms with Crippen molar-refractivity contribution in [1.82, 2.24) is 0 Å². The summed E-state index contributed by atoms with van der Waals surface area (Å²) >= 11 is 0. The minimum absolute atomic E-state index is 0.150. The summed E-state index contributed by atoms with van der Waals surface area (Å²) in [5.74, 6) is 0.150. The molecule has 5 heteroatoms. The second-order valence-corrected chi connectivity index (χ2v) is 4.50. The Bertz CT molecular complexity index is 199. The molecule has 1 fully saturated rings. The van der Waals surface area contributed by atoms with Crippen molar-refractivity contribution in [3.8, 4) is 0 Å². The molecule has 0 aromatic carbocycles. The summed E-state index contributed by atoms with van der Waals surface area (Å²) in [6, 6.07) is 0. The molecule has 1 aliphatic heterocycles. The van der Waals surface area contributed by atoms with E-state index in [4.69, 9.17) is 10.5 Å². The van der Waals surface area contributed by atoms with E-state index < -0.39 is 15.3 Å². The highest BCUT2D eigenvalue weighted by Gasteiger charge is 2.31. The zero-order chi connectivity index (χ0) is 7.61.